The summed E-state index contributed by atoms with van der Waals surface area (Å²) in [7, 11) is 0. The minimum Gasteiger partial charge on any atom is -0.326 e. The molecule has 16 heavy (non-hydrogen) atoms. The topological polar surface area (TPSA) is 51.8 Å². The van der Waals surface area contributed by atoms with Crippen LogP contribution < -0.4 is 5.73 Å². The van der Waals surface area contributed by atoms with Crippen LogP contribution in [0, 0.1) is 0 Å². The van der Waals surface area contributed by atoms with Crippen LogP contribution in [-0.2, 0) is 13.0 Å². The molecular formula is C12H12ClN3. The van der Waals surface area contributed by atoms with E-state index in [2.05, 4.69) is 9.97 Å². The van der Waals surface area contributed by atoms with Crippen LogP contribution in [0.15, 0.2) is 36.7 Å². The van der Waals surface area contributed by atoms with Crippen molar-refractivity contribution in [3.8, 4) is 0 Å². The summed E-state index contributed by atoms with van der Waals surface area (Å²) in [6, 6.07) is 7.70. The number of nitrogens with two attached hydrogens (primary N) is 1. The average Bonchev–Trinajstić information content (AvgIpc) is 2.33. The molecule has 1 heterocycles. The van der Waals surface area contributed by atoms with Crippen LogP contribution in [0.3, 0.4) is 0 Å². The molecule has 2 aromatic rings. The van der Waals surface area contributed by atoms with Crippen molar-refractivity contribution in [3.05, 3.63) is 58.6 Å². The highest BCUT2D eigenvalue weighted by Gasteiger charge is 2.02. The van der Waals surface area contributed by atoms with Gasteiger partial charge in [-0.3, -0.25) is 0 Å². The normalized spacial score (nSPS) is 10.4. The fourth-order valence-corrected chi connectivity index (χ4v) is 1.59. The summed E-state index contributed by atoms with van der Waals surface area (Å²) in [4.78, 5) is 8.47. The SMILES string of the molecule is NCc1cnc(Cc2ccccc2Cl)nc1. The number of hydrogen-bond acceptors (Lipinski definition) is 3. The number of halogens is 1. The van der Waals surface area contributed by atoms with Crippen molar-refractivity contribution >= 4 is 11.6 Å². The molecule has 0 aliphatic carbocycles. The Labute approximate surface area is 99.3 Å². The molecular weight excluding hydrogens is 222 g/mol. The second kappa shape index (κ2) is 5.05. The molecule has 0 unspecified atom stereocenters. The van der Waals surface area contributed by atoms with Crippen LogP contribution in [0.1, 0.15) is 17.0 Å². The maximum absolute atomic E-state index is 6.06. The van der Waals surface area contributed by atoms with Gasteiger partial charge in [-0.1, -0.05) is 29.8 Å². The van der Waals surface area contributed by atoms with Crippen molar-refractivity contribution in [1.82, 2.24) is 9.97 Å². The molecule has 0 bridgehead atoms. The molecule has 0 aliphatic rings. The van der Waals surface area contributed by atoms with E-state index in [0.717, 1.165) is 22.0 Å². The van der Waals surface area contributed by atoms with Crippen molar-refractivity contribution in [2.24, 2.45) is 5.73 Å². The van der Waals surface area contributed by atoms with Crippen LogP contribution >= 0.6 is 11.6 Å². The standard InChI is InChI=1S/C12H12ClN3/c13-11-4-2-1-3-10(11)5-12-15-7-9(6-14)8-16-12/h1-4,7-8H,5-6,14H2. The van der Waals surface area contributed by atoms with Gasteiger partial charge in [-0.05, 0) is 11.6 Å². The van der Waals surface area contributed by atoms with Gasteiger partial charge in [0.25, 0.3) is 0 Å². The zero-order valence-electron chi connectivity index (χ0n) is 8.73. The molecule has 2 rings (SSSR count). The fourth-order valence-electron chi connectivity index (χ4n) is 1.39. The largest absolute Gasteiger partial charge is 0.326 e. The van der Waals surface area contributed by atoms with Gasteiger partial charge in [0.05, 0.1) is 0 Å². The Kier molecular flexibility index (Phi) is 3.49. The molecule has 0 radical (unpaired) electrons. The molecule has 3 nitrogen and oxygen atoms in total. The zero-order chi connectivity index (χ0) is 11.4. The Morgan fingerprint density at radius 2 is 1.81 bits per heavy atom. The second-order valence-electron chi connectivity index (χ2n) is 3.48. The smallest absolute Gasteiger partial charge is 0.132 e. The van der Waals surface area contributed by atoms with E-state index in [9.17, 15) is 0 Å². The average molecular weight is 234 g/mol. The summed E-state index contributed by atoms with van der Waals surface area (Å²) >= 11 is 6.06. The van der Waals surface area contributed by atoms with Crippen molar-refractivity contribution in [2.45, 2.75) is 13.0 Å². The van der Waals surface area contributed by atoms with E-state index in [1.807, 2.05) is 24.3 Å². The van der Waals surface area contributed by atoms with Gasteiger partial charge in [-0.15, -0.1) is 0 Å². The lowest BCUT2D eigenvalue weighted by molar-refractivity contribution is 0.925. The van der Waals surface area contributed by atoms with E-state index in [1.165, 1.54) is 0 Å². The minimum absolute atomic E-state index is 0.465. The van der Waals surface area contributed by atoms with E-state index in [1.54, 1.807) is 12.4 Å². The molecule has 0 aliphatic heterocycles. The molecule has 0 spiro atoms. The van der Waals surface area contributed by atoms with Gasteiger partial charge >= 0.3 is 0 Å². The lowest BCUT2D eigenvalue weighted by atomic mass is 10.1. The second-order valence-corrected chi connectivity index (χ2v) is 3.89. The molecule has 0 saturated heterocycles. The van der Waals surface area contributed by atoms with E-state index < -0.39 is 0 Å². The monoisotopic (exact) mass is 233 g/mol. The molecule has 2 N–H and O–H groups in total. The van der Waals surface area contributed by atoms with E-state index in [0.29, 0.717) is 13.0 Å². The maximum Gasteiger partial charge on any atom is 0.132 e. The summed E-state index contributed by atoms with van der Waals surface area (Å²) in [6.45, 7) is 0.465. The highest BCUT2D eigenvalue weighted by atomic mass is 35.5. The van der Waals surface area contributed by atoms with Gasteiger partial charge in [0, 0.05) is 35.9 Å². The van der Waals surface area contributed by atoms with E-state index in [-0.39, 0.29) is 0 Å². The number of benzene rings is 1. The Morgan fingerprint density at radius 3 is 2.44 bits per heavy atom. The van der Waals surface area contributed by atoms with E-state index >= 15 is 0 Å². The molecule has 4 heteroatoms. The number of nitrogens with zero attached hydrogens (tertiary/aromatic N) is 2. The molecule has 0 saturated carbocycles. The third-order valence-corrected chi connectivity index (χ3v) is 2.67. The highest BCUT2D eigenvalue weighted by molar-refractivity contribution is 6.31. The third kappa shape index (κ3) is 2.56. The molecule has 1 aromatic carbocycles. The van der Waals surface area contributed by atoms with Gasteiger partial charge < -0.3 is 5.73 Å². The Hall–Kier alpha value is -1.45. The first-order chi connectivity index (χ1) is 7.79. The van der Waals surface area contributed by atoms with Gasteiger partial charge in [0.15, 0.2) is 0 Å². The van der Waals surface area contributed by atoms with Gasteiger partial charge in [-0.2, -0.15) is 0 Å². The van der Waals surface area contributed by atoms with Crippen LogP contribution in [0.2, 0.25) is 5.02 Å². The van der Waals surface area contributed by atoms with Crippen molar-refractivity contribution < 1.29 is 0 Å². The minimum atomic E-state index is 0.465. The summed E-state index contributed by atoms with van der Waals surface area (Å²) in [5.74, 6) is 0.755. The number of aromatic nitrogens is 2. The lowest BCUT2D eigenvalue weighted by Gasteiger charge is -2.03. The van der Waals surface area contributed by atoms with Gasteiger partial charge in [-0.25, -0.2) is 9.97 Å². The summed E-state index contributed by atoms with van der Waals surface area (Å²) in [5, 5.41) is 0.744. The Bertz CT molecular complexity index is 468. The first-order valence-corrected chi connectivity index (χ1v) is 5.40. The van der Waals surface area contributed by atoms with E-state index in [4.69, 9.17) is 17.3 Å². The number of hydrogen-bond donors (Lipinski definition) is 1. The summed E-state index contributed by atoms with van der Waals surface area (Å²) in [6.07, 6.45) is 4.14. The lowest BCUT2D eigenvalue weighted by Crippen LogP contribution is -2.01. The third-order valence-electron chi connectivity index (χ3n) is 2.30. The Balaban J connectivity index is 2.18. The zero-order valence-corrected chi connectivity index (χ0v) is 9.48. The summed E-state index contributed by atoms with van der Waals surface area (Å²) in [5.41, 5.74) is 7.44. The van der Waals surface area contributed by atoms with Crippen molar-refractivity contribution in [3.63, 3.8) is 0 Å². The molecule has 1 aromatic heterocycles. The maximum atomic E-state index is 6.06. The van der Waals surface area contributed by atoms with Gasteiger partial charge in [0.1, 0.15) is 5.82 Å². The molecule has 0 atom stereocenters. The fraction of sp³-hybridized carbons (Fsp3) is 0.167. The predicted octanol–water partition coefficient (Wildman–Crippen LogP) is 2.18. The number of rotatable bonds is 3. The molecule has 0 amide bonds. The molecule has 0 fully saturated rings. The highest BCUT2D eigenvalue weighted by Crippen LogP contribution is 2.17. The van der Waals surface area contributed by atoms with Crippen molar-refractivity contribution in [1.29, 1.82) is 0 Å². The summed E-state index contributed by atoms with van der Waals surface area (Å²) < 4.78 is 0. The quantitative estimate of drug-likeness (QED) is 0.884. The first-order valence-electron chi connectivity index (χ1n) is 5.03. The Morgan fingerprint density at radius 1 is 1.12 bits per heavy atom. The predicted molar refractivity (Wildman–Crippen MR) is 64.2 cm³/mol. The van der Waals surface area contributed by atoms with Gasteiger partial charge in [0.2, 0.25) is 0 Å². The molecule has 82 valence electrons. The van der Waals surface area contributed by atoms with Crippen LogP contribution in [0.4, 0.5) is 0 Å². The van der Waals surface area contributed by atoms with Crippen LogP contribution in [0.5, 0.6) is 0 Å². The van der Waals surface area contributed by atoms with Crippen LogP contribution in [-0.4, -0.2) is 9.97 Å². The van der Waals surface area contributed by atoms with Crippen molar-refractivity contribution in [2.75, 3.05) is 0 Å². The van der Waals surface area contributed by atoms with Crippen LogP contribution in [0.25, 0.3) is 0 Å². The first kappa shape index (κ1) is 11.0.